The van der Waals surface area contributed by atoms with Crippen LogP contribution in [-0.4, -0.2) is 111 Å². The van der Waals surface area contributed by atoms with Gasteiger partial charge in [0.25, 0.3) is 0 Å². The summed E-state index contributed by atoms with van der Waals surface area (Å²) in [6.45, 7) is -6.46. The first-order valence-electron chi connectivity index (χ1n) is 9.54. The summed E-state index contributed by atoms with van der Waals surface area (Å²) >= 11 is 0. The third-order valence-electron chi connectivity index (χ3n) is 3.82. The third-order valence-corrected chi connectivity index (χ3v) is 4.82. The fraction of sp³-hybridized carbons (Fsp3) is 1.00. The predicted molar refractivity (Wildman–Crippen MR) is 95.9 cm³/mol. The maximum absolute atomic E-state index is 13.6. The third kappa shape index (κ3) is 10.0. The smallest absolute Gasteiger partial charge is 0.382 e. The van der Waals surface area contributed by atoms with E-state index >= 15 is 0 Å². The molecule has 0 spiro atoms. The Balaban J connectivity index is 4.61. The first kappa shape index (κ1) is 34.9. The number of methoxy groups -OCH3 is 1. The van der Waals surface area contributed by atoms with Crippen LogP contribution in [0.15, 0.2) is 0 Å². The van der Waals surface area contributed by atoms with Crippen molar-refractivity contribution in [2.45, 2.75) is 29.2 Å². The molecule has 0 aromatic heterocycles. The van der Waals surface area contributed by atoms with Crippen molar-refractivity contribution in [3.05, 3.63) is 0 Å². The van der Waals surface area contributed by atoms with E-state index in [2.05, 4.69) is 8.92 Å². The Bertz CT molecular complexity index is 732. The highest BCUT2D eigenvalue weighted by molar-refractivity contribution is 7.87. The summed E-state index contributed by atoms with van der Waals surface area (Å²) in [4.78, 5) is 0. The van der Waals surface area contributed by atoms with Gasteiger partial charge in [0.05, 0.1) is 52.9 Å². The van der Waals surface area contributed by atoms with Gasteiger partial charge in [0.15, 0.2) is 0 Å². The highest BCUT2D eigenvalue weighted by Crippen LogP contribution is 2.52. The van der Waals surface area contributed by atoms with Crippen LogP contribution in [0.3, 0.4) is 0 Å². The lowest BCUT2D eigenvalue weighted by molar-refractivity contribution is -0.374. The first-order valence-corrected chi connectivity index (χ1v) is 10.9. The molecule has 0 aromatic rings. The molecule has 0 unspecified atom stereocenters. The van der Waals surface area contributed by atoms with E-state index < -0.39 is 65.7 Å². The normalized spacial score (nSPS) is 14.4. The highest BCUT2D eigenvalue weighted by atomic mass is 32.2. The number of ether oxygens (including phenoxy) is 5. The Morgan fingerprint density at radius 2 is 0.861 bits per heavy atom. The van der Waals surface area contributed by atoms with E-state index in [0.717, 1.165) is 0 Å². The Labute approximate surface area is 198 Å². The molecule has 20 heteroatoms. The second-order valence-electron chi connectivity index (χ2n) is 6.60. The molecule has 0 aromatic carbocycles. The van der Waals surface area contributed by atoms with Crippen molar-refractivity contribution in [1.29, 1.82) is 0 Å². The van der Waals surface area contributed by atoms with Crippen LogP contribution < -0.4 is 0 Å². The van der Waals surface area contributed by atoms with Crippen LogP contribution in [0.1, 0.15) is 0 Å². The summed E-state index contributed by atoms with van der Waals surface area (Å²) < 4.78 is 192. The van der Waals surface area contributed by atoms with Crippen molar-refractivity contribution in [3.8, 4) is 0 Å². The van der Waals surface area contributed by atoms with E-state index in [-0.39, 0.29) is 26.4 Å². The maximum Gasteiger partial charge on any atom is 0.523 e. The summed E-state index contributed by atoms with van der Waals surface area (Å²) in [5, 5.41) is 0. The average Bonchev–Trinajstić information content (AvgIpc) is 2.74. The molecule has 8 nitrogen and oxygen atoms in total. The zero-order valence-corrected chi connectivity index (χ0v) is 19.2. The molecule has 0 bridgehead atoms. The molecule has 0 fully saturated rings. The van der Waals surface area contributed by atoms with Gasteiger partial charge in [-0.2, -0.15) is 56.7 Å². The molecule has 218 valence electrons. The highest BCUT2D eigenvalue weighted by Gasteiger charge is 2.80. The van der Waals surface area contributed by atoms with Crippen LogP contribution in [0.2, 0.25) is 0 Å². The topological polar surface area (TPSA) is 89.5 Å². The van der Waals surface area contributed by atoms with Gasteiger partial charge in [-0.05, 0) is 0 Å². The molecular weight excluding hydrogens is 561 g/mol. The molecule has 0 aliphatic carbocycles. The summed E-state index contributed by atoms with van der Waals surface area (Å²) in [5.74, 6) is -26.4. The Morgan fingerprint density at radius 1 is 0.528 bits per heavy atom. The molecule has 0 N–H and O–H groups in total. The molecule has 0 amide bonds. The van der Waals surface area contributed by atoms with E-state index in [0.29, 0.717) is 13.2 Å². The SMILES string of the molecule is COCCOCCOCCOCCOCC(F)(F)C(F)(F)C(F)(F)C(F)(F)COS(=O)(=O)C(F)(F)F. The van der Waals surface area contributed by atoms with Crippen LogP contribution in [-0.2, 0) is 38.0 Å². The van der Waals surface area contributed by atoms with Crippen molar-refractivity contribution in [2.24, 2.45) is 0 Å². The van der Waals surface area contributed by atoms with Crippen molar-refractivity contribution < 1.29 is 84.6 Å². The van der Waals surface area contributed by atoms with Crippen LogP contribution >= 0.6 is 0 Å². The van der Waals surface area contributed by atoms with Crippen LogP contribution in [0.4, 0.5) is 48.3 Å². The molecule has 0 aliphatic rings. The van der Waals surface area contributed by atoms with Gasteiger partial charge in [0.2, 0.25) is 0 Å². The average molecular weight is 584 g/mol. The van der Waals surface area contributed by atoms with Crippen molar-refractivity contribution in [1.82, 2.24) is 0 Å². The van der Waals surface area contributed by atoms with Crippen molar-refractivity contribution in [2.75, 3.05) is 73.2 Å². The molecule has 0 heterocycles. The molecule has 0 atom stereocenters. The lowest BCUT2D eigenvalue weighted by atomic mass is 9.99. The Morgan fingerprint density at radius 3 is 1.22 bits per heavy atom. The second-order valence-corrected chi connectivity index (χ2v) is 8.21. The zero-order valence-electron chi connectivity index (χ0n) is 18.4. The standard InChI is InChI=1S/C16H23F11O8S/c1-30-2-3-31-4-5-32-6-7-33-8-9-34-10-12(17,18)14(21,22)15(23,24)13(19,20)11-35-36(28,29)16(25,26)27/h2-11H2,1H3. The van der Waals surface area contributed by atoms with Gasteiger partial charge in [0.1, 0.15) is 13.2 Å². The van der Waals surface area contributed by atoms with E-state index in [1.54, 1.807) is 0 Å². The van der Waals surface area contributed by atoms with Gasteiger partial charge in [-0.15, -0.1) is 0 Å². The zero-order chi connectivity index (χ0) is 28.3. The first-order chi connectivity index (χ1) is 16.3. The largest absolute Gasteiger partial charge is 0.523 e. The number of hydrogen-bond acceptors (Lipinski definition) is 8. The van der Waals surface area contributed by atoms with Gasteiger partial charge >= 0.3 is 39.3 Å². The van der Waals surface area contributed by atoms with Gasteiger partial charge in [0, 0.05) is 7.11 Å². The lowest BCUT2D eigenvalue weighted by Crippen LogP contribution is -2.64. The summed E-state index contributed by atoms with van der Waals surface area (Å²) in [5.41, 5.74) is -6.37. The van der Waals surface area contributed by atoms with Crippen LogP contribution in [0.5, 0.6) is 0 Å². The minimum Gasteiger partial charge on any atom is -0.382 e. The summed E-state index contributed by atoms with van der Waals surface area (Å²) in [7, 11) is -5.44. The van der Waals surface area contributed by atoms with Crippen molar-refractivity contribution in [3.63, 3.8) is 0 Å². The van der Waals surface area contributed by atoms with E-state index in [9.17, 15) is 56.7 Å². The minimum atomic E-state index is -7.06. The number of alkyl halides is 11. The van der Waals surface area contributed by atoms with Crippen LogP contribution in [0.25, 0.3) is 0 Å². The van der Waals surface area contributed by atoms with Gasteiger partial charge in [-0.1, -0.05) is 0 Å². The van der Waals surface area contributed by atoms with Crippen LogP contribution in [0, 0.1) is 0 Å². The van der Waals surface area contributed by atoms with Crippen molar-refractivity contribution >= 4 is 10.1 Å². The fourth-order valence-electron chi connectivity index (χ4n) is 1.86. The lowest BCUT2D eigenvalue weighted by Gasteiger charge is -2.36. The van der Waals surface area contributed by atoms with Gasteiger partial charge < -0.3 is 23.7 Å². The predicted octanol–water partition coefficient (Wildman–Crippen LogP) is 3.11. The summed E-state index contributed by atoms with van der Waals surface area (Å²) in [6, 6.07) is 0. The van der Waals surface area contributed by atoms with Gasteiger partial charge in [-0.3, -0.25) is 4.18 Å². The fourth-order valence-corrected chi connectivity index (χ4v) is 2.30. The minimum absolute atomic E-state index is 0.00466. The summed E-state index contributed by atoms with van der Waals surface area (Å²) in [6.07, 6.45) is 0. The van der Waals surface area contributed by atoms with Gasteiger partial charge in [-0.25, -0.2) is 0 Å². The maximum atomic E-state index is 13.6. The molecule has 0 saturated heterocycles. The van der Waals surface area contributed by atoms with E-state index in [4.69, 9.17) is 18.9 Å². The molecule has 0 aliphatic heterocycles. The Hall–Kier alpha value is -1.06. The second kappa shape index (κ2) is 14.2. The molecule has 0 rings (SSSR count). The molecule has 0 radical (unpaired) electrons. The molecular formula is C16H23F11O8S. The molecule has 0 saturated carbocycles. The van der Waals surface area contributed by atoms with E-state index in [1.165, 1.54) is 7.11 Å². The Kier molecular flexibility index (Phi) is 13.8. The number of rotatable bonds is 20. The number of hydrogen-bond donors (Lipinski definition) is 0. The molecule has 36 heavy (non-hydrogen) atoms. The monoisotopic (exact) mass is 584 g/mol. The quantitative estimate of drug-likeness (QED) is 0.0934. The van der Waals surface area contributed by atoms with E-state index in [1.807, 2.05) is 0 Å². The number of halogens is 11.